The molecule has 0 unspecified atom stereocenters. The average Bonchev–Trinajstić information content (AvgIpc) is 2.92. The Kier molecular flexibility index (Phi) is 5.87. The number of aryl methyl sites for hydroxylation is 2. The van der Waals surface area contributed by atoms with Crippen LogP contribution in [0.2, 0.25) is 0 Å². The summed E-state index contributed by atoms with van der Waals surface area (Å²) in [5.74, 6) is 0.813. The van der Waals surface area contributed by atoms with Crippen LogP contribution in [0.5, 0.6) is 0 Å². The fourth-order valence-electron chi connectivity index (χ4n) is 2.68. The molecule has 0 saturated heterocycles. The number of rotatable bonds is 5. The van der Waals surface area contributed by atoms with Crippen LogP contribution in [0, 0.1) is 13.8 Å². The van der Waals surface area contributed by atoms with E-state index < -0.39 is 5.60 Å². The van der Waals surface area contributed by atoms with Crippen molar-refractivity contribution < 1.29 is 5.11 Å². The monoisotopic (exact) mass is 448 g/mol. The Labute approximate surface area is 171 Å². The summed E-state index contributed by atoms with van der Waals surface area (Å²) in [5, 5.41) is 11.0. The second-order valence-corrected chi connectivity index (χ2v) is 10.1. The van der Waals surface area contributed by atoms with E-state index in [2.05, 4.69) is 44.1 Å². The van der Waals surface area contributed by atoms with E-state index >= 15 is 0 Å². The lowest BCUT2D eigenvalue weighted by molar-refractivity contribution is 0.0786. The normalized spacial score (nSPS) is 11.8. The SMILES string of the molecule is Cc1cc(C)nc(SCc2cc(Br)sc2-c2ccc(C(C)(C)O)cc2)n1. The number of halogens is 1. The van der Waals surface area contributed by atoms with E-state index in [1.807, 2.05) is 32.0 Å². The Balaban J connectivity index is 1.84. The van der Waals surface area contributed by atoms with Crippen LogP contribution in [0.1, 0.15) is 36.4 Å². The molecular weight excluding hydrogens is 428 g/mol. The van der Waals surface area contributed by atoms with E-state index in [4.69, 9.17) is 0 Å². The lowest BCUT2D eigenvalue weighted by atomic mass is 9.97. The van der Waals surface area contributed by atoms with Crippen molar-refractivity contribution in [2.24, 2.45) is 0 Å². The molecule has 0 saturated carbocycles. The molecular formula is C20H21BrN2OS2. The maximum atomic E-state index is 10.1. The first-order valence-corrected chi connectivity index (χ1v) is 10.9. The summed E-state index contributed by atoms with van der Waals surface area (Å²) in [7, 11) is 0. The van der Waals surface area contributed by atoms with Crippen LogP contribution < -0.4 is 0 Å². The fraction of sp³-hybridized carbons (Fsp3) is 0.300. The van der Waals surface area contributed by atoms with Crippen molar-refractivity contribution >= 4 is 39.0 Å². The van der Waals surface area contributed by atoms with Crippen LogP contribution >= 0.6 is 39.0 Å². The van der Waals surface area contributed by atoms with Crippen LogP contribution in [-0.4, -0.2) is 15.1 Å². The van der Waals surface area contributed by atoms with Gasteiger partial charge in [-0.25, -0.2) is 9.97 Å². The maximum absolute atomic E-state index is 10.1. The summed E-state index contributed by atoms with van der Waals surface area (Å²) >= 11 is 6.99. The smallest absolute Gasteiger partial charge is 0.188 e. The van der Waals surface area contributed by atoms with Crippen LogP contribution in [0.4, 0.5) is 0 Å². The van der Waals surface area contributed by atoms with Gasteiger partial charge in [0, 0.05) is 22.0 Å². The van der Waals surface area contributed by atoms with E-state index in [1.165, 1.54) is 10.4 Å². The van der Waals surface area contributed by atoms with Gasteiger partial charge >= 0.3 is 0 Å². The highest BCUT2D eigenvalue weighted by Gasteiger charge is 2.17. The molecule has 0 fully saturated rings. The third-order valence-corrected chi connectivity index (χ3v) is 6.58. The first-order valence-electron chi connectivity index (χ1n) is 8.29. The van der Waals surface area contributed by atoms with Gasteiger partial charge in [-0.1, -0.05) is 36.0 Å². The molecule has 26 heavy (non-hydrogen) atoms. The van der Waals surface area contributed by atoms with Crippen LogP contribution in [-0.2, 0) is 11.4 Å². The molecule has 0 radical (unpaired) electrons. The highest BCUT2D eigenvalue weighted by Crippen LogP contribution is 2.39. The summed E-state index contributed by atoms with van der Waals surface area (Å²) in [6, 6.07) is 12.3. The Bertz CT molecular complexity index is 894. The van der Waals surface area contributed by atoms with Crippen molar-refractivity contribution in [1.82, 2.24) is 9.97 Å². The van der Waals surface area contributed by atoms with Gasteiger partial charge in [0.2, 0.25) is 0 Å². The number of aromatic nitrogens is 2. The van der Waals surface area contributed by atoms with Gasteiger partial charge in [-0.05, 0) is 72.4 Å². The minimum Gasteiger partial charge on any atom is -0.386 e. The largest absolute Gasteiger partial charge is 0.386 e. The van der Waals surface area contributed by atoms with E-state index in [9.17, 15) is 5.11 Å². The highest BCUT2D eigenvalue weighted by atomic mass is 79.9. The zero-order valence-corrected chi connectivity index (χ0v) is 18.4. The molecule has 3 nitrogen and oxygen atoms in total. The maximum Gasteiger partial charge on any atom is 0.188 e. The zero-order valence-electron chi connectivity index (χ0n) is 15.2. The summed E-state index contributed by atoms with van der Waals surface area (Å²) < 4.78 is 1.11. The Morgan fingerprint density at radius 2 is 1.69 bits per heavy atom. The van der Waals surface area contributed by atoms with Gasteiger partial charge in [-0.15, -0.1) is 11.3 Å². The highest BCUT2D eigenvalue weighted by molar-refractivity contribution is 9.11. The minimum absolute atomic E-state index is 0.813. The second-order valence-electron chi connectivity index (χ2n) is 6.76. The number of aliphatic hydroxyl groups is 1. The third-order valence-electron chi connectivity index (χ3n) is 3.95. The molecule has 0 spiro atoms. The summed E-state index contributed by atoms with van der Waals surface area (Å²) in [6.45, 7) is 7.59. The van der Waals surface area contributed by atoms with Crippen LogP contribution in [0.3, 0.4) is 0 Å². The molecule has 0 bridgehead atoms. The molecule has 0 atom stereocenters. The van der Waals surface area contributed by atoms with Gasteiger partial charge in [0.25, 0.3) is 0 Å². The molecule has 2 aromatic heterocycles. The van der Waals surface area contributed by atoms with Gasteiger partial charge in [0.15, 0.2) is 5.16 Å². The van der Waals surface area contributed by atoms with Crippen molar-refractivity contribution in [3.05, 3.63) is 62.7 Å². The standard InChI is InChI=1S/C20H21BrN2OS2/c1-12-9-13(2)23-19(22-12)25-11-15-10-17(21)26-18(15)14-5-7-16(8-6-14)20(3,4)24/h5-10,24H,11H2,1-4H3. The molecule has 2 heterocycles. The van der Waals surface area contributed by atoms with Gasteiger partial charge in [-0.2, -0.15) is 0 Å². The van der Waals surface area contributed by atoms with Gasteiger partial charge in [0.1, 0.15) is 0 Å². The van der Waals surface area contributed by atoms with E-state index in [1.54, 1.807) is 36.9 Å². The van der Waals surface area contributed by atoms with Gasteiger partial charge in [0.05, 0.1) is 9.39 Å². The van der Waals surface area contributed by atoms with Crippen LogP contribution in [0.25, 0.3) is 10.4 Å². The Morgan fingerprint density at radius 1 is 1.08 bits per heavy atom. The molecule has 0 aliphatic heterocycles. The van der Waals surface area contributed by atoms with Crippen LogP contribution in [0.15, 0.2) is 45.3 Å². The Morgan fingerprint density at radius 3 is 2.27 bits per heavy atom. The van der Waals surface area contributed by atoms with Crippen molar-refractivity contribution in [3.8, 4) is 10.4 Å². The molecule has 1 N–H and O–H groups in total. The predicted octanol–water partition coefficient (Wildman–Crippen LogP) is 6.10. The third kappa shape index (κ3) is 4.74. The van der Waals surface area contributed by atoms with Gasteiger partial charge in [-0.3, -0.25) is 0 Å². The van der Waals surface area contributed by atoms with Crippen molar-refractivity contribution in [2.75, 3.05) is 0 Å². The van der Waals surface area contributed by atoms with E-state index in [-0.39, 0.29) is 0 Å². The number of hydrogen-bond donors (Lipinski definition) is 1. The lowest BCUT2D eigenvalue weighted by Gasteiger charge is -2.17. The van der Waals surface area contributed by atoms with E-state index in [0.717, 1.165) is 37.2 Å². The molecule has 0 amide bonds. The molecule has 0 aliphatic rings. The topological polar surface area (TPSA) is 46.0 Å². The first-order chi connectivity index (χ1) is 12.2. The Hall–Kier alpha value is -1.21. The second kappa shape index (κ2) is 7.80. The first kappa shape index (κ1) is 19.5. The van der Waals surface area contributed by atoms with Crippen molar-refractivity contribution in [2.45, 2.75) is 44.2 Å². The van der Waals surface area contributed by atoms with Crippen molar-refractivity contribution in [3.63, 3.8) is 0 Å². The average molecular weight is 449 g/mol. The number of nitrogens with zero attached hydrogens (tertiary/aromatic N) is 2. The molecule has 136 valence electrons. The molecule has 6 heteroatoms. The zero-order chi connectivity index (χ0) is 18.9. The summed E-state index contributed by atoms with van der Waals surface area (Å²) in [4.78, 5) is 10.3. The summed E-state index contributed by atoms with van der Waals surface area (Å²) in [5.41, 5.74) is 4.49. The number of thioether (sulfide) groups is 1. The predicted molar refractivity (Wildman–Crippen MR) is 114 cm³/mol. The minimum atomic E-state index is -0.826. The van der Waals surface area contributed by atoms with Gasteiger partial charge < -0.3 is 5.11 Å². The quantitative estimate of drug-likeness (QED) is 0.378. The number of hydrogen-bond acceptors (Lipinski definition) is 5. The molecule has 1 aromatic carbocycles. The lowest BCUT2D eigenvalue weighted by Crippen LogP contribution is -2.14. The molecule has 0 aliphatic carbocycles. The van der Waals surface area contributed by atoms with Crippen molar-refractivity contribution in [1.29, 1.82) is 0 Å². The molecule has 3 rings (SSSR count). The summed E-state index contributed by atoms with van der Waals surface area (Å²) in [6.07, 6.45) is 0. The van der Waals surface area contributed by atoms with E-state index in [0.29, 0.717) is 0 Å². The fourth-order valence-corrected chi connectivity index (χ4v) is 5.37. The molecule has 3 aromatic rings. The number of benzene rings is 1. The number of thiophene rings is 1.